The number of rotatable bonds is 6. The standard InChI is InChI=1S/C21H17N3O5S2/c1-3-29-21(27)17-15-11-31-19(22-18(25)12-7-8-30-10-12)16(15)20(26)24(23-17)13-5-4-6-14(9-13)28-2/h4-11H,3H2,1-2H3,(H,22,25). The molecule has 3 heterocycles. The van der Waals surface area contributed by atoms with E-state index in [0.717, 1.165) is 16.0 Å². The fourth-order valence-electron chi connectivity index (χ4n) is 2.98. The molecule has 0 radical (unpaired) electrons. The molecule has 0 saturated heterocycles. The van der Waals surface area contributed by atoms with Gasteiger partial charge in [-0.15, -0.1) is 11.3 Å². The normalized spacial score (nSPS) is 10.8. The van der Waals surface area contributed by atoms with Gasteiger partial charge < -0.3 is 14.8 Å². The van der Waals surface area contributed by atoms with Gasteiger partial charge >= 0.3 is 5.97 Å². The Hall–Kier alpha value is -3.50. The van der Waals surface area contributed by atoms with Gasteiger partial charge in [-0.05, 0) is 30.5 Å². The number of anilines is 1. The Bertz CT molecular complexity index is 1320. The molecule has 0 saturated carbocycles. The SMILES string of the molecule is CCOC(=O)c1nn(-c2cccc(OC)c2)c(=O)c2c(NC(=O)c3ccsc3)scc12. The second-order valence-corrected chi connectivity index (χ2v) is 7.97. The number of fused-ring (bicyclic) bond motifs is 1. The van der Waals surface area contributed by atoms with Crippen LogP contribution in [0.4, 0.5) is 5.00 Å². The highest BCUT2D eigenvalue weighted by Crippen LogP contribution is 2.31. The molecular weight excluding hydrogens is 438 g/mol. The first kappa shape index (κ1) is 20.8. The van der Waals surface area contributed by atoms with Crippen molar-refractivity contribution in [2.75, 3.05) is 19.0 Å². The van der Waals surface area contributed by atoms with Gasteiger partial charge in [0.05, 0.1) is 30.4 Å². The minimum absolute atomic E-state index is 0.00782. The highest BCUT2D eigenvalue weighted by molar-refractivity contribution is 7.16. The highest BCUT2D eigenvalue weighted by atomic mass is 32.1. The van der Waals surface area contributed by atoms with E-state index in [9.17, 15) is 14.4 Å². The molecule has 0 aliphatic rings. The van der Waals surface area contributed by atoms with Crippen LogP contribution < -0.4 is 15.6 Å². The van der Waals surface area contributed by atoms with E-state index in [-0.39, 0.29) is 23.6 Å². The molecule has 0 atom stereocenters. The van der Waals surface area contributed by atoms with Crippen LogP contribution in [-0.4, -0.2) is 35.4 Å². The number of thiophene rings is 2. The summed E-state index contributed by atoms with van der Waals surface area (Å²) in [6, 6.07) is 8.44. The Morgan fingerprint density at radius 3 is 2.77 bits per heavy atom. The summed E-state index contributed by atoms with van der Waals surface area (Å²) in [5.41, 5.74) is 0.419. The van der Waals surface area contributed by atoms with Crippen molar-refractivity contribution in [1.82, 2.24) is 9.78 Å². The molecule has 8 nitrogen and oxygen atoms in total. The van der Waals surface area contributed by atoms with Crippen molar-refractivity contribution >= 4 is 50.3 Å². The average Bonchev–Trinajstić information content (AvgIpc) is 3.45. The first-order chi connectivity index (χ1) is 15.0. The Morgan fingerprint density at radius 2 is 2.06 bits per heavy atom. The first-order valence-corrected chi connectivity index (χ1v) is 11.0. The number of esters is 1. The van der Waals surface area contributed by atoms with Crippen molar-refractivity contribution in [1.29, 1.82) is 0 Å². The van der Waals surface area contributed by atoms with E-state index in [0.29, 0.717) is 27.4 Å². The average molecular weight is 456 g/mol. The quantitative estimate of drug-likeness (QED) is 0.442. The Labute approximate surface area is 184 Å². The Morgan fingerprint density at radius 1 is 1.23 bits per heavy atom. The highest BCUT2D eigenvalue weighted by Gasteiger charge is 2.23. The van der Waals surface area contributed by atoms with E-state index in [1.807, 2.05) is 0 Å². The topological polar surface area (TPSA) is 99.5 Å². The number of ether oxygens (including phenoxy) is 2. The molecule has 0 spiro atoms. The van der Waals surface area contributed by atoms with Crippen LogP contribution in [0.3, 0.4) is 0 Å². The Kier molecular flexibility index (Phi) is 5.83. The predicted octanol–water partition coefficient (Wildman–Crippen LogP) is 3.95. The van der Waals surface area contributed by atoms with Crippen LogP contribution in [0.15, 0.2) is 51.3 Å². The molecule has 0 aliphatic carbocycles. The summed E-state index contributed by atoms with van der Waals surface area (Å²) in [6.07, 6.45) is 0. The number of carbonyl (C=O) groups is 2. The van der Waals surface area contributed by atoms with Crippen LogP contribution in [-0.2, 0) is 4.74 Å². The van der Waals surface area contributed by atoms with Crippen LogP contribution in [0, 0.1) is 0 Å². The number of nitrogens with zero attached hydrogens (tertiary/aromatic N) is 2. The van der Waals surface area contributed by atoms with Crippen LogP contribution in [0.2, 0.25) is 0 Å². The van der Waals surface area contributed by atoms with Gasteiger partial charge in [-0.2, -0.15) is 21.1 Å². The van der Waals surface area contributed by atoms with E-state index in [1.165, 1.54) is 18.4 Å². The van der Waals surface area contributed by atoms with Crippen molar-refractivity contribution in [2.24, 2.45) is 0 Å². The number of benzene rings is 1. The second-order valence-electron chi connectivity index (χ2n) is 6.31. The Balaban J connectivity index is 1.91. The fourth-order valence-corrected chi connectivity index (χ4v) is 4.55. The van der Waals surface area contributed by atoms with Gasteiger partial charge in [-0.1, -0.05) is 6.07 Å². The maximum Gasteiger partial charge on any atom is 0.359 e. The number of aromatic nitrogens is 2. The molecule has 0 bridgehead atoms. The lowest BCUT2D eigenvalue weighted by atomic mass is 10.2. The zero-order valence-electron chi connectivity index (χ0n) is 16.6. The lowest BCUT2D eigenvalue weighted by molar-refractivity contribution is 0.0520. The maximum absolute atomic E-state index is 13.4. The molecule has 1 amide bonds. The molecule has 3 aromatic heterocycles. The minimum atomic E-state index is -0.655. The monoisotopic (exact) mass is 455 g/mol. The van der Waals surface area contributed by atoms with Crippen molar-refractivity contribution in [3.8, 4) is 11.4 Å². The molecule has 31 heavy (non-hydrogen) atoms. The summed E-state index contributed by atoms with van der Waals surface area (Å²) < 4.78 is 11.5. The van der Waals surface area contributed by atoms with E-state index in [1.54, 1.807) is 53.4 Å². The van der Waals surface area contributed by atoms with Crippen LogP contribution >= 0.6 is 22.7 Å². The molecule has 1 N–H and O–H groups in total. The van der Waals surface area contributed by atoms with Gasteiger partial charge in [-0.3, -0.25) is 9.59 Å². The van der Waals surface area contributed by atoms with E-state index >= 15 is 0 Å². The molecule has 158 valence electrons. The fraction of sp³-hybridized carbons (Fsp3) is 0.143. The predicted molar refractivity (Wildman–Crippen MR) is 120 cm³/mol. The van der Waals surface area contributed by atoms with E-state index in [4.69, 9.17) is 9.47 Å². The minimum Gasteiger partial charge on any atom is -0.497 e. The van der Waals surface area contributed by atoms with Gasteiger partial charge in [-0.25, -0.2) is 4.79 Å². The summed E-state index contributed by atoms with van der Waals surface area (Å²) in [5, 5.41) is 13.0. The number of nitrogens with one attached hydrogen (secondary N) is 1. The summed E-state index contributed by atoms with van der Waals surface area (Å²) in [5.74, 6) is -0.468. The summed E-state index contributed by atoms with van der Waals surface area (Å²) in [7, 11) is 1.51. The largest absolute Gasteiger partial charge is 0.497 e. The summed E-state index contributed by atoms with van der Waals surface area (Å²) in [4.78, 5) is 38.5. The lowest BCUT2D eigenvalue weighted by Crippen LogP contribution is -2.25. The number of carbonyl (C=O) groups excluding carboxylic acids is 2. The van der Waals surface area contributed by atoms with Crippen LogP contribution in [0.1, 0.15) is 27.8 Å². The smallest absolute Gasteiger partial charge is 0.359 e. The number of amides is 1. The van der Waals surface area contributed by atoms with Crippen molar-refractivity contribution in [3.63, 3.8) is 0 Å². The zero-order valence-corrected chi connectivity index (χ0v) is 18.2. The third-order valence-corrected chi connectivity index (χ3v) is 6.01. The van der Waals surface area contributed by atoms with Gasteiger partial charge in [0, 0.05) is 22.2 Å². The van der Waals surface area contributed by atoms with Gasteiger partial charge in [0.2, 0.25) is 0 Å². The molecule has 4 rings (SSSR count). The first-order valence-electron chi connectivity index (χ1n) is 9.23. The number of hydrogen-bond donors (Lipinski definition) is 1. The van der Waals surface area contributed by atoms with E-state index < -0.39 is 11.5 Å². The molecule has 10 heteroatoms. The summed E-state index contributed by atoms with van der Waals surface area (Å²) >= 11 is 2.55. The van der Waals surface area contributed by atoms with Gasteiger partial charge in [0.15, 0.2) is 5.69 Å². The lowest BCUT2D eigenvalue weighted by Gasteiger charge is -2.10. The van der Waals surface area contributed by atoms with Crippen molar-refractivity contribution in [3.05, 3.63) is 68.1 Å². The van der Waals surface area contributed by atoms with Gasteiger partial charge in [0.25, 0.3) is 11.5 Å². The molecule has 0 aliphatic heterocycles. The summed E-state index contributed by atoms with van der Waals surface area (Å²) in [6.45, 7) is 1.85. The maximum atomic E-state index is 13.4. The van der Waals surface area contributed by atoms with E-state index in [2.05, 4.69) is 10.4 Å². The van der Waals surface area contributed by atoms with Crippen molar-refractivity contribution in [2.45, 2.75) is 6.92 Å². The van der Waals surface area contributed by atoms with Crippen LogP contribution in [0.5, 0.6) is 5.75 Å². The molecular formula is C21H17N3O5S2. The molecule has 0 fully saturated rings. The van der Waals surface area contributed by atoms with Crippen molar-refractivity contribution < 1.29 is 19.1 Å². The zero-order chi connectivity index (χ0) is 22.0. The van der Waals surface area contributed by atoms with Crippen LogP contribution in [0.25, 0.3) is 16.5 Å². The number of hydrogen-bond acceptors (Lipinski definition) is 8. The second kappa shape index (κ2) is 8.70. The van der Waals surface area contributed by atoms with Gasteiger partial charge in [0.1, 0.15) is 10.8 Å². The molecule has 1 aromatic carbocycles. The molecule has 4 aromatic rings. The third kappa shape index (κ3) is 3.94. The number of methoxy groups -OCH3 is 1. The molecule has 0 unspecified atom stereocenters. The third-order valence-electron chi connectivity index (χ3n) is 4.43.